The highest BCUT2D eigenvalue weighted by Crippen LogP contribution is 2.31. The molecule has 8 heteroatoms. The van der Waals surface area contributed by atoms with Crippen LogP contribution in [0.15, 0.2) is 69.4 Å². The Hall–Kier alpha value is -3.23. The van der Waals surface area contributed by atoms with Gasteiger partial charge in [0.05, 0.1) is 29.0 Å². The quantitative estimate of drug-likeness (QED) is 0.413. The van der Waals surface area contributed by atoms with E-state index in [1.54, 1.807) is 29.9 Å². The van der Waals surface area contributed by atoms with Crippen molar-refractivity contribution in [3.63, 3.8) is 0 Å². The third-order valence-electron chi connectivity index (χ3n) is 5.17. The Morgan fingerprint density at radius 3 is 2.62 bits per heavy atom. The third kappa shape index (κ3) is 3.99. The number of allylic oxidation sites excluding steroid dienone is 1. The van der Waals surface area contributed by atoms with Crippen LogP contribution in [0.25, 0.3) is 6.08 Å². The number of hydrogen-bond acceptors (Lipinski definition) is 7. The van der Waals surface area contributed by atoms with Crippen molar-refractivity contribution in [3.05, 3.63) is 95.3 Å². The maximum Gasteiger partial charge on any atom is 0.338 e. The number of rotatable bonds is 6. The Kier molecular flexibility index (Phi) is 6.25. The number of nitrogens with zero attached hydrogens (tertiary/aromatic N) is 2. The second kappa shape index (κ2) is 9.10. The molecule has 32 heavy (non-hydrogen) atoms. The highest BCUT2D eigenvalue weighted by atomic mass is 32.1. The number of fused-ring (bicyclic) bond motifs is 1. The molecule has 1 aliphatic rings. The highest BCUT2D eigenvalue weighted by Gasteiger charge is 2.33. The summed E-state index contributed by atoms with van der Waals surface area (Å²) in [5.41, 5.74) is 2.55. The van der Waals surface area contributed by atoms with Crippen LogP contribution in [0.4, 0.5) is 0 Å². The van der Waals surface area contributed by atoms with Gasteiger partial charge in [-0.3, -0.25) is 9.36 Å². The highest BCUT2D eigenvalue weighted by molar-refractivity contribution is 7.11. The van der Waals surface area contributed by atoms with Crippen LogP contribution in [-0.4, -0.2) is 24.3 Å². The summed E-state index contributed by atoms with van der Waals surface area (Å²) in [4.78, 5) is 32.7. The molecular weight excluding hydrogens is 444 g/mol. The third-order valence-corrected chi connectivity index (χ3v) is 7.12. The second-order valence-electron chi connectivity index (χ2n) is 7.21. The molecule has 0 bridgehead atoms. The van der Waals surface area contributed by atoms with Crippen LogP contribution in [0.2, 0.25) is 0 Å². The first-order chi connectivity index (χ1) is 15.4. The van der Waals surface area contributed by atoms with Gasteiger partial charge in [-0.2, -0.15) is 0 Å². The largest absolute Gasteiger partial charge is 0.497 e. The van der Waals surface area contributed by atoms with Crippen LogP contribution in [0.5, 0.6) is 5.75 Å². The Labute approximate surface area is 193 Å². The lowest BCUT2D eigenvalue weighted by atomic mass is 9.96. The number of benzene rings is 1. The first-order valence-corrected chi connectivity index (χ1v) is 11.6. The van der Waals surface area contributed by atoms with E-state index in [4.69, 9.17) is 9.47 Å². The summed E-state index contributed by atoms with van der Waals surface area (Å²) < 4.78 is 12.8. The number of carbonyl (C=O) groups excluding carboxylic acids is 1. The number of thiophene rings is 1. The molecular formula is C24H22N2O4S2. The van der Waals surface area contributed by atoms with E-state index in [9.17, 15) is 9.59 Å². The van der Waals surface area contributed by atoms with Crippen molar-refractivity contribution in [1.82, 2.24) is 4.57 Å². The number of thiazole rings is 1. The molecule has 0 radical (unpaired) electrons. The first kappa shape index (κ1) is 22.0. The van der Waals surface area contributed by atoms with Crippen molar-refractivity contribution in [2.75, 3.05) is 13.7 Å². The number of esters is 1. The van der Waals surface area contributed by atoms with Crippen molar-refractivity contribution < 1.29 is 14.3 Å². The molecule has 3 aromatic rings. The summed E-state index contributed by atoms with van der Waals surface area (Å²) in [6.07, 6.45) is 3.40. The van der Waals surface area contributed by atoms with Gasteiger partial charge in [-0.25, -0.2) is 9.79 Å². The predicted octanol–water partition coefficient (Wildman–Crippen LogP) is 3.34. The van der Waals surface area contributed by atoms with E-state index in [0.29, 0.717) is 26.4 Å². The van der Waals surface area contributed by atoms with Crippen LogP contribution in [-0.2, 0) is 9.53 Å². The van der Waals surface area contributed by atoms with E-state index in [-0.39, 0.29) is 12.2 Å². The number of aryl methyl sites for hydroxylation is 1. The van der Waals surface area contributed by atoms with Gasteiger partial charge in [-0.1, -0.05) is 36.1 Å². The minimum Gasteiger partial charge on any atom is -0.497 e. The number of aromatic nitrogens is 1. The van der Waals surface area contributed by atoms with Crippen molar-refractivity contribution in [2.24, 2.45) is 4.99 Å². The molecule has 1 aromatic carbocycles. The number of ether oxygens (including phenoxy) is 2. The van der Waals surface area contributed by atoms with Crippen molar-refractivity contribution >= 4 is 34.7 Å². The van der Waals surface area contributed by atoms with E-state index in [0.717, 1.165) is 16.0 Å². The molecule has 0 N–H and O–H groups in total. The summed E-state index contributed by atoms with van der Waals surface area (Å²) in [6, 6.07) is 8.68. The summed E-state index contributed by atoms with van der Waals surface area (Å²) >= 11 is 2.90. The van der Waals surface area contributed by atoms with Gasteiger partial charge >= 0.3 is 5.97 Å². The molecule has 0 fully saturated rings. The van der Waals surface area contributed by atoms with E-state index >= 15 is 0 Å². The molecule has 164 valence electrons. The van der Waals surface area contributed by atoms with Crippen LogP contribution in [0.3, 0.4) is 0 Å². The molecule has 0 unspecified atom stereocenters. The molecule has 6 nitrogen and oxygen atoms in total. The zero-order valence-electron chi connectivity index (χ0n) is 18.0. The predicted molar refractivity (Wildman–Crippen MR) is 127 cm³/mol. The summed E-state index contributed by atoms with van der Waals surface area (Å²) in [5.74, 6) is 0.168. The summed E-state index contributed by atoms with van der Waals surface area (Å²) in [7, 11) is 1.59. The lowest BCUT2D eigenvalue weighted by Gasteiger charge is -2.24. The average Bonchev–Trinajstić information content (AvgIpc) is 3.33. The second-order valence-corrected chi connectivity index (χ2v) is 9.17. The molecule has 0 aliphatic carbocycles. The fourth-order valence-corrected chi connectivity index (χ4v) is 5.51. The lowest BCUT2D eigenvalue weighted by Crippen LogP contribution is -2.39. The van der Waals surface area contributed by atoms with E-state index in [1.165, 1.54) is 17.4 Å². The Morgan fingerprint density at radius 2 is 2.00 bits per heavy atom. The number of hydrogen-bond donors (Lipinski definition) is 0. The SMILES string of the molecule is C=CCOC(=O)C1=C(C)N=c2s/c(=C/c3sccc3C)c(=O)n2[C@@H]1c1ccc(OC)cc1. The minimum absolute atomic E-state index is 0.0764. The fraction of sp³-hybridized carbons (Fsp3) is 0.208. The molecule has 4 rings (SSSR count). The first-order valence-electron chi connectivity index (χ1n) is 9.93. The molecule has 0 saturated heterocycles. The van der Waals surface area contributed by atoms with Gasteiger partial charge in [0.1, 0.15) is 12.4 Å². The van der Waals surface area contributed by atoms with Crippen molar-refractivity contribution in [3.8, 4) is 5.75 Å². The topological polar surface area (TPSA) is 69.9 Å². The van der Waals surface area contributed by atoms with Gasteiger partial charge in [0.2, 0.25) is 0 Å². The molecule has 1 atom stereocenters. The van der Waals surface area contributed by atoms with Crippen LogP contribution >= 0.6 is 22.7 Å². The van der Waals surface area contributed by atoms with Gasteiger partial charge in [-0.05, 0) is 54.6 Å². The number of carbonyl (C=O) groups is 1. The molecule has 2 aromatic heterocycles. The molecule has 0 amide bonds. The van der Waals surface area contributed by atoms with Crippen LogP contribution < -0.4 is 19.6 Å². The maximum absolute atomic E-state index is 13.5. The molecule has 0 saturated carbocycles. The van der Waals surface area contributed by atoms with Gasteiger partial charge < -0.3 is 9.47 Å². The zero-order chi connectivity index (χ0) is 22.8. The van der Waals surface area contributed by atoms with Crippen LogP contribution in [0.1, 0.15) is 29.0 Å². The van der Waals surface area contributed by atoms with Gasteiger partial charge in [0, 0.05) is 4.88 Å². The molecule has 1 aliphatic heterocycles. The van der Waals surface area contributed by atoms with E-state index in [2.05, 4.69) is 11.6 Å². The number of methoxy groups -OCH3 is 1. The van der Waals surface area contributed by atoms with Crippen molar-refractivity contribution in [1.29, 1.82) is 0 Å². The minimum atomic E-state index is -0.652. The summed E-state index contributed by atoms with van der Waals surface area (Å²) in [5, 5.41) is 2.00. The standard InChI is InChI=1S/C24H22N2O4S2/c1-5-11-30-23(28)20-15(3)25-24-26(21(20)16-6-8-17(29-4)9-7-16)22(27)19(32-24)13-18-14(2)10-12-31-18/h5-10,12-13,21H,1,11H2,2-4H3/b19-13+/t21-/m1/s1. The average molecular weight is 467 g/mol. The molecule has 3 heterocycles. The van der Waals surface area contributed by atoms with E-state index < -0.39 is 12.0 Å². The van der Waals surface area contributed by atoms with E-state index in [1.807, 2.05) is 48.7 Å². The van der Waals surface area contributed by atoms with Gasteiger partial charge in [-0.15, -0.1) is 11.3 Å². The summed E-state index contributed by atoms with van der Waals surface area (Å²) in [6.45, 7) is 7.45. The van der Waals surface area contributed by atoms with Gasteiger partial charge in [0.25, 0.3) is 5.56 Å². The monoisotopic (exact) mass is 466 g/mol. The Balaban J connectivity index is 1.93. The lowest BCUT2D eigenvalue weighted by molar-refractivity contribution is -0.138. The van der Waals surface area contributed by atoms with Gasteiger partial charge in [0.15, 0.2) is 4.80 Å². The maximum atomic E-state index is 13.5. The molecule has 0 spiro atoms. The van der Waals surface area contributed by atoms with Crippen LogP contribution in [0, 0.1) is 6.92 Å². The zero-order valence-corrected chi connectivity index (χ0v) is 19.6. The van der Waals surface area contributed by atoms with Crippen molar-refractivity contribution in [2.45, 2.75) is 19.9 Å². The Bertz CT molecular complexity index is 1390. The normalized spacial score (nSPS) is 15.8. The fourth-order valence-electron chi connectivity index (χ4n) is 3.55. The Morgan fingerprint density at radius 1 is 1.25 bits per heavy atom. The smallest absolute Gasteiger partial charge is 0.338 e.